The van der Waals surface area contributed by atoms with Crippen LogP contribution in [0.25, 0.3) is 0 Å². The molecule has 3 rings (SSSR count). The molecule has 5 nitrogen and oxygen atoms in total. The quantitative estimate of drug-likeness (QED) is 0.746. The Morgan fingerprint density at radius 2 is 2.12 bits per heavy atom. The van der Waals surface area contributed by atoms with E-state index in [0.29, 0.717) is 23.8 Å². The first-order valence-electron chi connectivity index (χ1n) is 7.98. The maximum Gasteiger partial charge on any atom is 0.233 e. The van der Waals surface area contributed by atoms with Gasteiger partial charge in [0.15, 0.2) is 0 Å². The normalized spacial score (nSPS) is 21.1. The van der Waals surface area contributed by atoms with Gasteiger partial charge < -0.3 is 16.0 Å². The number of rotatable bonds is 7. The zero-order valence-corrected chi connectivity index (χ0v) is 16.0. The molecule has 2 fully saturated rings. The van der Waals surface area contributed by atoms with Gasteiger partial charge in [-0.15, -0.1) is 24.2 Å². The number of hydrogen-bond donors (Lipinski definition) is 2. The molecule has 1 aliphatic heterocycles. The van der Waals surface area contributed by atoms with Crippen molar-refractivity contribution in [2.75, 3.05) is 24.6 Å². The number of primary amides is 1. The van der Waals surface area contributed by atoms with Gasteiger partial charge in [-0.25, -0.2) is 0 Å². The number of nitrogens with one attached hydrogen (secondary N) is 1. The summed E-state index contributed by atoms with van der Waals surface area (Å²) >= 11 is 2.98. The van der Waals surface area contributed by atoms with Crippen molar-refractivity contribution in [2.24, 2.45) is 11.1 Å². The minimum atomic E-state index is -0.367. The van der Waals surface area contributed by atoms with Crippen LogP contribution in [0.15, 0.2) is 16.8 Å². The summed E-state index contributed by atoms with van der Waals surface area (Å²) in [6.07, 6.45) is 3.42. The Morgan fingerprint density at radius 1 is 1.38 bits per heavy atom. The molecular weight excluding hydrogens is 366 g/mol. The van der Waals surface area contributed by atoms with Crippen molar-refractivity contribution in [2.45, 2.75) is 31.8 Å². The third kappa shape index (κ3) is 4.65. The second kappa shape index (κ2) is 8.56. The van der Waals surface area contributed by atoms with E-state index in [9.17, 15) is 9.59 Å². The van der Waals surface area contributed by atoms with Crippen LogP contribution in [-0.2, 0) is 16.1 Å². The van der Waals surface area contributed by atoms with Crippen molar-refractivity contribution in [3.8, 4) is 0 Å². The molecule has 1 aromatic rings. The van der Waals surface area contributed by atoms with Gasteiger partial charge in [0.1, 0.15) is 0 Å². The van der Waals surface area contributed by atoms with E-state index in [2.05, 4.69) is 16.8 Å². The Labute approximate surface area is 157 Å². The molecule has 2 aliphatic rings. The second-order valence-corrected chi connectivity index (χ2v) is 8.21. The third-order valence-corrected chi connectivity index (χ3v) is 6.52. The first-order valence-corrected chi connectivity index (χ1v) is 10.1. The predicted octanol–water partition coefficient (Wildman–Crippen LogP) is 1.86. The number of carbonyl (C=O) groups excluding carboxylic acids is 2. The van der Waals surface area contributed by atoms with E-state index < -0.39 is 0 Å². The highest BCUT2D eigenvalue weighted by molar-refractivity contribution is 8.00. The Balaban J connectivity index is 0.00000208. The molecule has 1 unspecified atom stereocenters. The monoisotopic (exact) mass is 389 g/mol. The predicted molar refractivity (Wildman–Crippen MR) is 102 cm³/mol. The fraction of sp³-hybridized carbons (Fsp3) is 0.625. The Kier molecular flexibility index (Phi) is 6.98. The molecule has 2 heterocycles. The summed E-state index contributed by atoms with van der Waals surface area (Å²) < 4.78 is 0. The van der Waals surface area contributed by atoms with Gasteiger partial charge >= 0.3 is 0 Å². The van der Waals surface area contributed by atoms with Gasteiger partial charge in [-0.3, -0.25) is 9.59 Å². The standard InChI is InChI=1S/C16H23N3O2S2.ClH/c17-14(20)10-23-11-15(21)19(8-12-1-6-22-9-12)13-7-16(13)2-4-18-5-3-16;/h1,6,9,13,18H,2-5,7-8,10-11H2,(H2,17,20);1H. The Morgan fingerprint density at radius 3 is 2.75 bits per heavy atom. The molecule has 1 atom stereocenters. The molecule has 3 N–H and O–H groups in total. The molecular formula is C16H24ClN3O2S2. The minimum Gasteiger partial charge on any atom is -0.369 e. The van der Waals surface area contributed by atoms with Crippen molar-refractivity contribution < 1.29 is 9.59 Å². The molecule has 0 bridgehead atoms. The first kappa shape index (κ1) is 19.6. The third-order valence-electron chi connectivity index (χ3n) is 4.85. The molecule has 1 saturated carbocycles. The van der Waals surface area contributed by atoms with Crippen molar-refractivity contribution in [1.82, 2.24) is 10.2 Å². The zero-order valence-electron chi connectivity index (χ0n) is 13.5. The number of nitrogens with two attached hydrogens (primary N) is 1. The number of thioether (sulfide) groups is 1. The van der Waals surface area contributed by atoms with Gasteiger partial charge in [-0.2, -0.15) is 11.3 Å². The largest absolute Gasteiger partial charge is 0.369 e. The molecule has 0 radical (unpaired) electrons. The van der Waals surface area contributed by atoms with E-state index in [1.807, 2.05) is 10.3 Å². The minimum absolute atomic E-state index is 0. The molecule has 1 saturated heterocycles. The van der Waals surface area contributed by atoms with Crippen LogP contribution in [-0.4, -0.2) is 47.4 Å². The van der Waals surface area contributed by atoms with E-state index in [0.717, 1.165) is 32.4 Å². The lowest BCUT2D eigenvalue weighted by molar-refractivity contribution is -0.130. The average molecular weight is 390 g/mol. The van der Waals surface area contributed by atoms with Gasteiger partial charge in [-0.05, 0) is 60.2 Å². The Hall–Kier alpha value is -0.760. The maximum atomic E-state index is 12.7. The van der Waals surface area contributed by atoms with Crippen molar-refractivity contribution in [3.05, 3.63) is 22.4 Å². The van der Waals surface area contributed by atoms with Crippen LogP contribution in [0.3, 0.4) is 0 Å². The fourth-order valence-corrected chi connectivity index (χ4v) is 4.81. The smallest absolute Gasteiger partial charge is 0.233 e. The van der Waals surface area contributed by atoms with E-state index in [-0.39, 0.29) is 30.0 Å². The number of thiophene rings is 1. The van der Waals surface area contributed by atoms with Gasteiger partial charge in [0.25, 0.3) is 0 Å². The molecule has 24 heavy (non-hydrogen) atoms. The highest BCUT2D eigenvalue weighted by atomic mass is 35.5. The SMILES string of the molecule is Cl.NC(=O)CSCC(=O)N(Cc1ccsc1)C1CC12CCNCC2. The summed E-state index contributed by atoms with van der Waals surface area (Å²) in [6.45, 7) is 2.78. The lowest BCUT2D eigenvalue weighted by Gasteiger charge is -2.29. The summed E-state index contributed by atoms with van der Waals surface area (Å²) in [7, 11) is 0. The molecule has 1 aromatic heterocycles. The zero-order chi connectivity index (χ0) is 16.3. The Bertz CT molecular complexity index is 562. The lowest BCUT2D eigenvalue weighted by atomic mass is 9.93. The highest BCUT2D eigenvalue weighted by Crippen LogP contribution is 2.56. The van der Waals surface area contributed by atoms with Gasteiger partial charge in [0.2, 0.25) is 11.8 Å². The van der Waals surface area contributed by atoms with Gasteiger partial charge in [0.05, 0.1) is 11.5 Å². The fourth-order valence-electron chi connectivity index (χ4n) is 3.50. The molecule has 8 heteroatoms. The summed E-state index contributed by atoms with van der Waals surface area (Å²) in [5, 5.41) is 7.56. The van der Waals surface area contributed by atoms with Crippen molar-refractivity contribution in [1.29, 1.82) is 0 Å². The van der Waals surface area contributed by atoms with Gasteiger partial charge in [-0.1, -0.05) is 0 Å². The average Bonchev–Trinajstić information content (AvgIpc) is 2.97. The molecule has 1 spiro atoms. The number of amides is 2. The first-order chi connectivity index (χ1) is 11.1. The molecule has 134 valence electrons. The van der Waals surface area contributed by atoms with Crippen LogP contribution in [0.2, 0.25) is 0 Å². The highest BCUT2D eigenvalue weighted by Gasteiger charge is 2.57. The van der Waals surface area contributed by atoms with E-state index in [4.69, 9.17) is 5.73 Å². The van der Waals surface area contributed by atoms with Crippen LogP contribution in [0.5, 0.6) is 0 Å². The van der Waals surface area contributed by atoms with Crippen LogP contribution in [0, 0.1) is 5.41 Å². The summed E-state index contributed by atoms with van der Waals surface area (Å²) in [5.41, 5.74) is 6.68. The van der Waals surface area contributed by atoms with Crippen LogP contribution >= 0.6 is 35.5 Å². The second-order valence-electron chi connectivity index (χ2n) is 6.44. The topological polar surface area (TPSA) is 75.4 Å². The number of nitrogens with zero attached hydrogens (tertiary/aromatic N) is 1. The number of hydrogen-bond acceptors (Lipinski definition) is 5. The summed E-state index contributed by atoms with van der Waals surface area (Å²) in [5.74, 6) is 0.298. The van der Waals surface area contributed by atoms with E-state index in [1.165, 1.54) is 17.3 Å². The van der Waals surface area contributed by atoms with E-state index in [1.54, 1.807) is 11.3 Å². The van der Waals surface area contributed by atoms with Gasteiger partial charge in [0, 0.05) is 12.6 Å². The lowest BCUT2D eigenvalue weighted by Crippen LogP contribution is -2.40. The number of halogens is 1. The molecule has 0 aromatic carbocycles. The number of piperidine rings is 1. The van der Waals surface area contributed by atoms with Crippen LogP contribution in [0.1, 0.15) is 24.8 Å². The van der Waals surface area contributed by atoms with Crippen LogP contribution in [0.4, 0.5) is 0 Å². The maximum absolute atomic E-state index is 12.7. The number of carbonyl (C=O) groups is 2. The van der Waals surface area contributed by atoms with E-state index >= 15 is 0 Å². The van der Waals surface area contributed by atoms with Crippen LogP contribution < -0.4 is 11.1 Å². The van der Waals surface area contributed by atoms with Crippen molar-refractivity contribution in [3.63, 3.8) is 0 Å². The summed E-state index contributed by atoms with van der Waals surface area (Å²) in [4.78, 5) is 25.6. The molecule has 1 aliphatic carbocycles. The van der Waals surface area contributed by atoms with Crippen molar-refractivity contribution >= 4 is 47.3 Å². The molecule has 2 amide bonds. The summed E-state index contributed by atoms with van der Waals surface area (Å²) in [6, 6.07) is 2.44.